The number of para-hydroxylation sites is 7. The van der Waals surface area contributed by atoms with Gasteiger partial charge in [0.05, 0.1) is 44.1 Å². The highest BCUT2D eigenvalue weighted by Crippen LogP contribution is 2.40. The Morgan fingerprint density at radius 3 is 1.55 bits per heavy atom. The van der Waals surface area contributed by atoms with Gasteiger partial charge in [-0.1, -0.05) is 91.0 Å². The second-order valence-corrected chi connectivity index (χ2v) is 12.4. The molecule has 0 aliphatic carbocycles. The Balaban J connectivity index is 1.24. The monoisotopic (exact) mass is 598 g/mol. The average molecular weight is 599 g/mol. The van der Waals surface area contributed by atoms with Gasteiger partial charge in [-0.15, -0.1) is 0 Å². The Bertz CT molecular complexity index is 3010. The first-order valence-electron chi connectivity index (χ1n) is 16.1. The minimum Gasteiger partial charge on any atom is -0.309 e. The molecular formula is C43H26N4. The summed E-state index contributed by atoms with van der Waals surface area (Å²) in [5.74, 6) is 0. The van der Waals surface area contributed by atoms with Crippen LogP contribution in [0.25, 0.3) is 93.5 Å². The van der Waals surface area contributed by atoms with Gasteiger partial charge in [-0.2, -0.15) is 0 Å². The highest BCUT2D eigenvalue weighted by atomic mass is 15.0. The second kappa shape index (κ2) is 9.09. The number of rotatable bonds is 2. The van der Waals surface area contributed by atoms with Gasteiger partial charge in [0.25, 0.3) is 0 Å². The molecule has 47 heavy (non-hydrogen) atoms. The lowest BCUT2D eigenvalue weighted by molar-refractivity contribution is 1.18. The Kier molecular flexibility index (Phi) is 4.81. The summed E-state index contributed by atoms with van der Waals surface area (Å²) in [6, 6.07) is 57.0. The third-order valence-corrected chi connectivity index (χ3v) is 9.97. The van der Waals surface area contributed by atoms with Gasteiger partial charge in [-0.3, -0.25) is 4.40 Å². The zero-order chi connectivity index (χ0) is 30.6. The van der Waals surface area contributed by atoms with Crippen LogP contribution in [0.3, 0.4) is 0 Å². The third-order valence-electron chi connectivity index (χ3n) is 9.97. The molecule has 0 radical (unpaired) electrons. The van der Waals surface area contributed by atoms with E-state index < -0.39 is 0 Å². The smallest absolute Gasteiger partial charge is 0.147 e. The average Bonchev–Trinajstić information content (AvgIpc) is 3.77. The second-order valence-electron chi connectivity index (χ2n) is 12.4. The third kappa shape index (κ3) is 3.28. The number of benzene rings is 7. The topological polar surface area (TPSA) is 26.6 Å². The number of aromatic nitrogens is 4. The molecule has 218 valence electrons. The van der Waals surface area contributed by atoms with E-state index in [1.54, 1.807) is 0 Å². The number of hydrogen-bond donors (Lipinski definition) is 0. The van der Waals surface area contributed by atoms with E-state index in [4.69, 9.17) is 4.98 Å². The van der Waals surface area contributed by atoms with Crippen molar-refractivity contribution in [2.24, 2.45) is 0 Å². The minimum absolute atomic E-state index is 0.967. The lowest BCUT2D eigenvalue weighted by Crippen LogP contribution is -1.93. The van der Waals surface area contributed by atoms with Gasteiger partial charge in [-0.25, -0.2) is 4.98 Å². The number of hydrogen-bond acceptors (Lipinski definition) is 1. The van der Waals surface area contributed by atoms with Crippen LogP contribution < -0.4 is 0 Å². The first-order valence-corrected chi connectivity index (χ1v) is 16.1. The van der Waals surface area contributed by atoms with Crippen molar-refractivity contribution >= 4 is 76.7 Å². The molecule has 4 aromatic heterocycles. The molecule has 0 fully saturated rings. The lowest BCUT2D eigenvalue weighted by Gasteiger charge is -2.10. The van der Waals surface area contributed by atoms with Crippen LogP contribution >= 0.6 is 0 Å². The van der Waals surface area contributed by atoms with E-state index in [1.807, 2.05) is 0 Å². The lowest BCUT2D eigenvalue weighted by atomic mass is 10.00. The van der Waals surface area contributed by atoms with Crippen LogP contribution in [-0.4, -0.2) is 18.4 Å². The van der Waals surface area contributed by atoms with Crippen LogP contribution in [-0.2, 0) is 0 Å². The van der Waals surface area contributed by atoms with Crippen molar-refractivity contribution < 1.29 is 0 Å². The Morgan fingerprint density at radius 2 is 0.872 bits per heavy atom. The first-order chi connectivity index (χ1) is 23.3. The molecule has 0 aliphatic heterocycles. The molecule has 4 heterocycles. The predicted octanol–water partition coefficient (Wildman–Crippen LogP) is 11.0. The molecule has 0 unspecified atom stereocenters. The van der Waals surface area contributed by atoms with E-state index in [9.17, 15) is 0 Å². The molecule has 0 saturated carbocycles. The van der Waals surface area contributed by atoms with Crippen molar-refractivity contribution in [3.05, 3.63) is 158 Å². The molecule has 0 atom stereocenters. The summed E-state index contributed by atoms with van der Waals surface area (Å²) in [7, 11) is 0. The minimum atomic E-state index is 0.967. The molecule has 0 saturated heterocycles. The van der Waals surface area contributed by atoms with E-state index in [1.165, 1.54) is 54.7 Å². The molecule has 0 spiro atoms. The zero-order valence-electron chi connectivity index (χ0n) is 25.3. The quantitative estimate of drug-likeness (QED) is 0.194. The maximum absolute atomic E-state index is 5.29. The summed E-state index contributed by atoms with van der Waals surface area (Å²) in [6.07, 6.45) is 0. The molecule has 4 heteroatoms. The van der Waals surface area contributed by atoms with Crippen LogP contribution in [0.4, 0.5) is 0 Å². The summed E-state index contributed by atoms with van der Waals surface area (Å²) < 4.78 is 7.16. The summed E-state index contributed by atoms with van der Waals surface area (Å²) in [6.45, 7) is 0. The fourth-order valence-electron chi connectivity index (χ4n) is 7.98. The van der Waals surface area contributed by atoms with Crippen molar-refractivity contribution in [3.8, 4) is 16.8 Å². The van der Waals surface area contributed by atoms with Gasteiger partial charge < -0.3 is 8.97 Å². The van der Waals surface area contributed by atoms with Crippen molar-refractivity contribution in [1.29, 1.82) is 0 Å². The van der Waals surface area contributed by atoms with Gasteiger partial charge in [0.2, 0.25) is 0 Å². The molecule has 7 aromatic carbocycles. The molecule has 0 amide bonds. The fraction of sp³-hybridized carbons (Fsp3) is 0. The Labute approximate surface area is 269 Å². The van der Waals surface area contributed by atoms with Gasteiger partial charge >= 0.3 is 0 Å². The molecule has 0 bridgehead atoms. The van der Waals surface area contributed by atoms with Crippen molar-refractivity contribution in [1.82, 2.24) is 18.4 Å². The van der Waals surface area contributed by atoms with Crippen molar-refractivity contribution in [2.75, 3.05) is 0 Å². The van der Waals surface area contributed by atoms with E-state index in [2.05, 4.69) is 171 Å². The van der Waals surface area contributed by atoms with Crippen molar-refractivity contribution in [2.45, 2.75) is 0 Å². The largest absolute Gasteiger partial charge is 0.309 e. The Hall–Kier alpha value is -6.39. The highest BCUT2D eigenvalue weighted by molar-refractivity contribution is 6.20. The van der Waals surface area contributed by atoms with Crippen LogP contribution in [0, 0.1) is 0 Å². The highest BCUT2D eigenvalue weighted by Gasteiger charge is 2.20. The van der Waals surface area contributed by atoms with Crippen molar-refractivity contribution in [3.63, 3.8) is 0 Å². The molecule has 11 aromatic rings. The number of nitrogens with zero attached hydrogens (tertiary/aromatic N) is 4. The maximum atomic E-state index is 5.29. The fourth-order valence-corrected chi connectivity index (χ4v) is 7.98. The number of imidazole rings is 1. The standard InChI is InChI=1S/C43H26N4/c1-5-15-36-30(11-1)31-12-2-6-16-37(31)45(36)29-23-21-27(22-24-29)28-25-33-32-13-3-7-17-38(32)46-40-19-9-10-20-41(40)47-39-18-8-4-14-35(39)44-43(47)34(26-28)42(33)46/h1-26H. The van der Waals surface area contributed by atoms with Gasteiger partial charge in [0.1, 0.15) is 5.65 Å². The van der Waals surface area contributed by atoms with Crippen LogP contribution in [0.2, 0.25) is 0 Å². The molecule has 0 aliphatic rings. The first kappa shape index (κ1) is 24.9. The van der Waals surface area contributed by atoms with Gasteiger partial charge in [0, 0.05) is 32.6 Å². The Morgan fingerprint density at radius 1 is 0.362 bits per heavy atom. The molecule has 4 nitrogen and oxygen atoms in total. The van der Waals surface area contributed by atoms with Gasteiger partial charge in [0.15, 0.2) is 0 Å². The van der Waals surface area contributed by atoms with Crippen LogP contribution in [0.5, 0.6) is 0 Å². The zero-order valence-corrected chi connectivity index (χ0v) is 25.3. The van der Waals surface area contributed by atoms with Crippen LogP contribution in [0.1, 0.15) is 0 Å². The van der Waals surface area contributed by atoms with Crippen LogP contribution in [0.15, 0.2) is 158 Å². The summed E-state index contributed by atoms with van der Waals surface area (Å²) in [5.41, 5.74) is 13.7. The van der Waals surface area contributed by atoms with E-state index in [0.717, 1.165) is 38.8 Å². The normalized spacial score (nSPS) is 12.3. The van der Waals surface area contributed by atoms with E-state index in [-0.39, 0.29) is 0 Å². The summed E-state index contributed by atoms with van der Waals surface area (Å²) in [4.78, 5) is 5.29. The van der Waals surface area contributed by atoms with E-state index >= 15 is 0 Å². The summed E-state index contributed by atoms with van der Waals surface area (Å²) in [5, 5.41) is 6.15. The molecular weight excluding hydrogens is 573 g/mol. The SMILES string of the molecule is c1ccc2c(c1)nc1c3cc(-c4ccc(-n5c6ccccc6c6ccccc65)cc4)cc4c5ccccc5n(c5ccccc5n21)c43. The molecule has 11 rings (SSSR count). The van der Waals surface area contributed by atoms with Gasteiger partial charge in [-0.05, 0) is 77.9 Å². The predicted molar refractivity (Wildman–Crippen MR) is 196 cm³/mol. The summed E-state index contributed by atoms with van der Waals surface area (Å²) >= 11 is 0. The maximum Gasteiger partial charge on any atom is 0.147 e. The number of fused-ring (bicyclic) bond motifs is 13. The van der Waals surface area contributed by atoms with E-state index in [0.29, 0.717) is 0 Å². The molecule has 0 N–H and O–H groups in total.